The maximum atomic E-state index is 11.8. The molecule has 94 valence electrons. The van der Waals surface area contributed by atoms with Gasteiger partial charge in [0.15, 0.2) is 0 Å². The second-order valence-electron chi connectivity index (χ2n) is 5.50. The second-order valence-corrected chi connectivity index (χ2v) is 5.50. The summed E-state index contributed by atoms with van der Waals surface area (Å²) in [6.45, 7) is 0. The molecule has 0 radical (unpaired) electrons. The molecule has 3 rings (SSSR count). The Hall–Kier alpha value is -1.57. The van der Waals surface area contributed by atoms with Gasteiger partial charge in [0.25, 0.3) is 0 Å². The first-order valence-corrected chi connectivity index (χ1v) is 6.72. The smallest absolute Gasteiger partial charge is 0.331 e. The third kappa shape index (κ3) is 2.33. The minimum atomic E-state index is -0.193. The lowest BCUT2D eigenvalue weighted by atomic mass is 9.97. The average molecular weight is 242 g/mol. The standard InChI is InChI=1S/C16H18O2/c17-15(7-6-13-4-2-1-3-5-13)18-16-10-8-14(12-16)9-11-16/h1-7,14H,8-12H2/b7-6+. The topological polar surface area (TPSA) is 26.3 Å². The van der Waals surface area contributed by atoms with E-state index in [9.17, 15) is 4.79 Å². The van der Waals surface area contributed by atoms with Crippen molar-refractivity contribution in [3.05, 3.63) is 42.0 Å². The summed E-state index contributed by atoms with van der Waals surface area (Å²) in [4.78, 5) is 11.8. The first-order valence-electron chi connectivity index (χ1n) is 6.72. The highest BCUT2D eigenvalue weighted by atomic mass is 16.6. The van der Waals surface area contributed by atoms with Crippen molar-refractivity contribution in [3.8, 4) is 0 Å². The van der Waals surface area contributed by atoms with Gasteiger partial charge in [0.05, 0.1) is 0 Å². The average Bonchev–Trinajstić information content (AvgIpc) is 2.97. The van der Waals surface area contributed by atoms with E-state index in [1.165, 1.54) is 12.8 Å². The second kappa shape index (κ2) is 4.60. The summed E-state index contributed by atoms with van der Waals surface area (Å²) in [6, 6.07) is 9.84. The third-order valence-corrected chi connectivity index (χ3v) is 4.21. The van der Waals surface area contributed by atoms with Crippen molar-refractivity contribution in [2.45, 2.75) is 37.7 Å². The molecule has 0 aromatic heterocycles. The molecule has 0 heterocycles. The summed E-state index contributed by atoms with van der Waals surface area (Å²) in [5.74, 6) is 0.609. The quantitative estimate of drug-likeness (QED) is 0.598. The van der Waals surface area contributed by atoms with Gasteiger partial charge in [-0.05, 0) is 49.7 Å². The van der Waals surface area contributed by atoms with Crippen LogP contribution in [0, 0.1) is 5.92 Å². The van der Waals surface area contributed by atoms with Crippen molar-refractivity contribution in [1.29, 1.82) is 0 Å². The van der Waals surface area contributed by atoms with Crippen LogP contribution < -0.4 is 0 Å². The number of benzene rings is 1. The molecule has 2 heteroatoms. The van der Waals surface area contributed by atoms with Crippen LogP contribution >= 0.6 is 0 Å². The van der Waals surface area contributed by atoms with Gasteiger partial charge in [0, 0.05) is 6.08 Å². The summed E-state index contributed by atoms with van der Waals surface area (Å²) in [6.07, 6.45) is 9.03. The molecule has 2 aliphatic carbocycles. The van der Waals surface area contributed by atoms with Crippen molar-refractivity contribution in [1.82, 2.24) is 0 Å². The Morgan fingerprint density at radius 1 is 1.22 bits per heavy atom. The van der Waals surface area contributed by atoms with E-state index in [1.807, 2.05) is 36.4 Å². The first-order chi connectivity index (χ1) is 8.76. The van der Waals surface area contributed by atoms with Gasteiger partial charge in [-0.25, -0.2) is 4.79 Å². The van der Waals surface area contributed by atoms with Gasteiger partial charge in [-0.1, -0.05) is 30.3 Å². The van der Waals surface area contributed by atoms with Gasteiger partial charge < -0.3 is 4.74 Å². The van der Waals surface area contributed by atoms with Crippen molar-refractivity contribution >= 4 is 12.0 Å². The normalized spacial score (nSPS) is 29.9. The zero-order chi connectivity index (χ0) is 12.4. The molecule has 1 aromatic carbocycles. The van der Waals surface area contributed by atoms with Crippen molar-refractivity contribution in [3.63, 3.8) is 0 Å². The molecule has 2 bridgehead atoms. The van der Waals surface area contributed by atoms with Crippen LogP contribution in [-0.4, -0.2) is 11.6 Å². The molecular formula is C16H18O2. The van der Waals surface area contributed by atoms with Crippen LogP contribution in [0.4, 0.5) is 0 Å². The largest absolute Gasteiger partial charge is 0.456 e. The van der Waals surface area contributed by atoms with E-state index in [2.05, 4.69) is 0 Å². The Bertz CT molecular complexity index is 453. The Labute approximate surface area is 108 Å². The summed E-state index contributed by atoms with van der Waals surface area (Å²) in [7, 11) is 0. The molecule has 2 aliphatic rings. The van der Waals surface area contributed by atoms with Gasteiger partial charge in [-0.15, -0.1) is 0 Å². The zero-order valence-electron chi connectivity index (χ0n) is 10.5. The summed E-state index contributed by atoms with van der Waals surface area (Å²) in [5, 5.41) is 0. The van der Waals surface area contributed by atoms with Crippen LogP contribution in [0.5, 0.6) is 0 Å². The minimum absolute atomic E-state index is 0.122. The predicted octanol–water partition coefficient (Wildman–Crippen LogP) is 3.58. The molecule has 1 aromatic rings. The number of ether oxygens (including phenoxy) is 1. The van der Waals surface area contributed by atoms with Gasteiger partial charge in [0.1, 0.15) is 5.60 Å². The lowest BCUT2D eigenvalue weighted by Gasteiger charge is -2.25. The molecule has 2 saturated carbocycles. The molecule has 0 spiro atoms. The van der Waals surface area contributed by atoms with Crippen LogP contribution in [0.1, 0.15) is 37.7 Å². The van der Waals surface area contributed by atoms with Crippen molar-refractivity contribution in [2.24, 2.45) is 5.92 Å². The molecule has 0 saturated heterocycles. The molecule has 0 aliphatic heterocycles. The maximum Gasteiger partial charge on any atom is 0.331 e. The summed E-state index contributed by atoms with van der Waals surface area (Å²) >= 11 is 0. The first kappa shape index (κ1) is 11.5. The minimum Gasteiger partial charge on any atom is -0.456 e. The van der Waals surface area contributed by atoms with E-state index in [4.69, 9.17) is 4.74 Å². The van der Waals surface area contributed by atoms with Crippen molar-refractivity contribution in [2.75, 3.05) is 0 Å². The fourth-order valence-electron chi connectivity index (χ4n) is 3.26. The number of hydrogen-bond acceptors (Lipinski definition) is 2. The molecule has 0 atom stereocenters. The molecule has 0 unspecified atom stereocenters. The van der Waals surface area contributed by atoms with E-state index >= 15 is 0 Å². The number of hydrogen-bond donors (Lipinski definition) is 0. The van der Waals surface area contributed by atoms with Crippen LogP contribution in [0.3, 0.4) is 0 Å². The maximum absolute atomic E-state index is 11.8. The predicted molar refractivity (Wildman–Crippen MR) is 70.9 cm³/mol. The van der Waals surface area contributed by atoms with Gasteiger partial charge >= 0.3 is 5.97 Å². The SMILES string of the molecule is O=C(/C=C/c1ccccc1)OC12CCC(CC1)C2. The fourth-order valence-corrected chi connectivity index (χ4v) is 3.26. The molecule has 18 heavy (non-hydrogen) atoms. The highest BCUT2D eigenvalue weighted by Gasteiger charge is 2.47. The van der Waals surface area contributed by atoms with Gasteiger partial charge in [0.2, 0.25) is 0 Å². The van der Waals surface area contributed by atoms with Crippen LogP contribution in [-0.2, 0) is 9.53 Å². The van der Waals surface area contributed by atoms with Gasteiger partial charge in [-0.3, -0.25) is 0 Å². The molecule has 0 amide bonds. The molecule has 2 fully saturated rings. The molecular weight excluding hydrogens is 224 g/mol. The summed E-state index contributed by atoms with van der Waals surface area (Å²) in [5.41, 5.74) is 0.908. The lowest BCUT2D eigenvalue weighted by molar-refractivity contribution is -0.152. The van der Waals surface area contributed by atoms with Crippen LogP contribution in [0.25, 0.3) is 6.08 Å². The highest BCUT2D eigenvalue weighted by molar-refractivity contribution is 5.87. The van der Waals surface area contributed by atoms with E-state index in [0.29, 0.717) is 0 Å². The summed E-state index contributed by atoms with van der Waals surface area (Å²) < 4.78 is 5.69. The van der Waals surface area contributed by atoms with Crippen molar-refractivity contribution < 1.29 is 9.53 Å². The van der Waals surface area contributed by atoms with E-state index in [1.54, 1.807) is 6.08 Å². The number of fused-ring (bicyclic) bond motifs is 2. The highest BCUT2D eigenvalue weighted by Crippen LogP contribution is 2.49. The number of esters is 1. The van der Waals surface area contributed by atoms with E-state index in [0.717, 1.165) is 30.7 Å². The third-order valence-electron chi connectivity index (χ3n) is 4.21. The van der Waals surface area contributed by atoms with E-state index in [-0.39, 0.29) is 11.6 Å². The Balaban J connectivity index is 1.61. The zero-order valence-corrected chi connectivity index (χ0v) is 10.5. The Morgan fingerprint density at radius 2 is 1.94 bits per heavy atom. The lowest BCUT2D eigenvalue weighted by Crippen LogP contribution is -2.29. The molecule has 2 nitrogen and oxygen atoms in total. The fraction of sp³-hybridized carbons (Fsp3) is 0.438. The monoisotopic (exact) mass is 242 g/mol. The number of carbonyl (C=O) groups is 1. The van der Waals surface area contributed by atoms with Crippen LogP contribution in [0.15, 0.2) is 36.4 Å². The van der Waals surface area contributed by atoms with E-state index < -0.39 is 0 Å². The van der Waals surface area contributed by atoms with Gasteiger partial charge in [-0.2, -0.15) is 0 Å². The van der Waals surface area contributed by atoms with Crippen LogP contribution in [0.2, 0.25) is 0 Å². The Morgan fingerprint density at radius 3 is 2.56 bits per heavy atom. The molecule has 0 N–H and O–H groups in total. The number of rotatable bonds is 3. The number of carbonyl (C=O) groups excluding carboxylic acids is 1. The Kier molecular flexibility index (Phi) is 2.94.